The summed E-state index contributed by atoms with van der Waals surface area (Å²) in [6, 6.07) is 7.07. The van der Waals surface area contributed by atoms with Crippen molar-refractivity contribution in [1.29, 1.82) is 0 Å². The second-order valence-corrected chi connectivity index (χ2v) is 5.50. The van der Waals surface area contributed by atoms with Gasteiger partial charge < -0.3 is 10.5 Å². The van der Waals surface area contributed by atoms with Crippen LogP contribution in [0.4, 0.5) is 0 Å². The van der Waals surface area contributed by atoms with Crippen molar-refractivity contribution in [3.8, 4) is 0 Å². The molecule has 2 N–H and O–H groups in total. The summed E-state index contributed by atoms with van der Waals surface area (Å²) in [7, 11) is 0. The van der Waals surface area contributed by atoms with Gasteiger partial charge in [0.15, 0.2) is 0 Å². The van der Waals surface area contributed by atoms with E-state index >= 15 is 0 Å². The van der Waals surface area contributed by atoms with Crippen molar-refractivity contribution in [2.75, 3.05) is 6.61 Å². The molecule has 0 saturated carbocycles. The summed E-state index contributed by atoms with van der Waals surface area (Å²) in [5, 5.41) is 3.91. The van der Waals surface area contributed by atoms with Crippen molar-refractivity contribution >= 4 is 28.6 Å². The number of rotatable bonds is 5. The van der Waals surface area contributed by atoms with E-state index in [1.54, 1.807) is 11.3 Å². The first-order chi connectivity index (χ1) is 8.27. The maximum absolute atomic E-state index is 11.6. The second-order valence-electron chi connectivity index (χ2n) is 3.49. The molecule has 5 heteroatoms. The Labute approximate surface area is 108 Å². The van der Waals surface area contributed by atoms with E-state index in [0.29, 0.717) is 6.61 Å². The van der Waals surface area contributed by atoms with E-state index in [1.165, 1.54) is 16.2 Å². The van der Waals surface area contributed by atoms with Gasteiger partial charge >= 0.3 is 5.97 Å². The number of carbonyl (C=O) groups excluding carboxylic acids is 1. The summed E-state index contributed by atoms with van der Waals surface area (Å²) in [5.74, 6) is -0.357. The molecule has 0 aliphatic heterocycles. The predicted octanol–water partition coefficient (Wildman–Crippen LogP) is 2.60. The average molecular weight is 267 g/mol. The highest BCUT2D eigenvalue weighted by molar-refractivity contribution is 7.10. The maximum Gasteiger partial charge on any atom is 0.328 e. The van der Waals surface area contributed by atoms with Gasteiger partial charge in [0.05, 0.1) is 6.61 Å². The van der Waals surface area contributed by atoms with Crippen molar-refractivity contribution in [2.24, 2.45) is 5.73 Å². The molecule has 17 heavy (non-hydrogen) atoms. The van der Waals surface area contributed by atoms with Gasteiger partial charge in [-0.2, -0.15) is 0 Å². The Morgan fingerprint density at radius 3 is 2.71 bits per heavy atom. The monoisotopic (exact) mass is 267 g/mol. The molecule has 0 aromatic carbocycles. The SMILES string of the molecule is NC(C(=O)OCCc1cccs1)c1cccs1. The van der Waals surface area contributed by atoms with E-state index in [4.69, 9.17) is 10.5 Å². The Morgan fingerprint density at radius 1 is 1.29 bits per heavy atom. The maximum atomic E-state index is 11.6. The van der Waals surface area contributed by atoms with Gasteiger partial charge in [0.25, 0.3) is 0 Å². The molecule has 1 unspecified atom stereocenters. The van der Waals surface area contributed by atoms with Gasteiger partial charge in [0, 0.05) is 16.2 Å². The van der Waals surface area contributed by atoms with Crippen LogP contribution >= 0.6 is 22.7 Å². The second kappa shape index (κ2) is 5.95. The van der Waals surface area contributed by atoms with Gasteiger partial charge in [0.1, 0.15) is 6.04 Å². The number of ether oxygens (including phenoxy) is 1. The highest BCUT2D eigenvalue weighted by atomic mass is 32.1. The van der Waals surface area contributed by atoms with Crippen LogP contribution in [-0.2, 0) is 16.0 Å². The van der Waals surface area contributed by atoms with Crippen molar-refractivity contribution in [2.45, 2.75) is 12.5 Å². The topological polar surface area (TPSA) is 52.3 Å². The summed E-state index contributed by atoms with van der Waals surface area (Å²) >= 11 is 3.13. The molecule has 0 aliphatic rings. The molecule has 0 spiro atoms. The molecule has 0 amide bonds. The highest BCUT2D eigenvalue weighted by Gasteiger charge is 2.17. The lowest BCUT2D eigenvalue weighted by Crippen LogP contribution is -2.23. The molecule has 2 heterocycles. The van der Waals surface area contributed by atoms with Crippen LogP contribution in [0.2, 0.25) is 0 Å². The first-order valence-electron chi connectivity index (χ1n) is 5.25. The highest BCUT2D eigenvalue weighted by Crippen LogP contribution is 2.18. The molecule has 2 rings (SSSR count). The first kappa shape index (κ1) is 12.3. The molecular formula is C12H13NO2S2. The Balaban J connectivity index is 1.77. The standard InChI is InChI=1S/C12H13NO2S2/c13-11(10-4-2-8-17-10)12(14)15-6-5-9-3-1-7-16-9/h1-4,7-8,11H,5-6,13H2. The lowest BCUT2D eigenvalue weighted by Gasteiger charge is -2.09. The minimum absolute atomic E-state index is 0.357. The van der Waals surface area contributed by atoms with Crippen LogP contribution in [0.5, 0.6) is 0 Å². The summed E-state index contributed by atoms with van der Waals surface area (Å²) in [5.41, 5.74) is 5.78. The van der Waals surface area contributed by atoms with Crippen molar-refractivity contribution in [3.05, 3.63) is 44.8 Å². The molecule has 90 valence electrons. The van der Waals surface area contributed by atoms with Crippen molar-refractivity contribution in [3.63, 3.8) is 0 Å². The molecule has 0 bridgehead atoms. The number of hydrogen-bond acceptors (Lipinski definition) is 5. The van der Waals surface area contributed by atoms with E-state index < -0.39 is 6.04 Å². The molecule has 0 saturated heterocycles. The summed E-state index contributed by atoms with van der Waals surface area (Å²) < 4.78 is 5.15. The zero-order chi connectivity index (χ0) is 12.1. The minimum Gasteiger partial charge on any atom is -0.464 e. The lowest BCUT2D eigenvalue weighted by atomic mass is 10.2. The van der Waals surface area contributed by atoms with Gasteiger partial charge in [0.2, 0.25) is 0 Å². The Hall–Kier alpha value is -1.17. The molecule has 3 nitrogen and oxygen atoms in total. The summed E-state index contributed by atoms with van der Waals surface area (Å²) in [6.07, 6.45) is 0.751. The third kappa shape index (κ3) is 3.39. The third-order valence-corrected chi connectivity index (χ3v) is 4.17. The molecule has 0 fully saturated rings. The van der Waals surface area contributed by atoms with Crippen LogP contribution in [0.3, 0.4) is 0 Å². The molecule has 1 atom stereocenters. The first-order valence-corrected chi connectivity index (χ1v) is 7.01. The fraction of sp³-hybridized carbons (Fsp3) is 0.250. The summed E-state index contributed by atoms with van der Waals surface area (Å²) in [6.45, 7) is 0.387. The van der Waals surface area contributed by atoms with E-state index in [-0.39, 0.29) is 5.97 Å². The van der Waals surface area contributed by atoms with Crippen molar-refractivity contribution < 1.29 is 9.53 Å². The van der Waals surface area contributed by atoms with Gasteiger partial charge in [-0.1, -0.05) is 12.1 Å². The number of thiophene rings is 2. The summed E-state index contributed by atoms with van der Waals surface area (Å²) in [4.78, 5) is 13.7. The van der Waals surface area contributed by atoms with E-state index in [1.807, 2.05) is 35.0 Å². The van der Waals surface area contributed by atoms with Crippen LogP contribution in [0.1, 0.15) is 15.8 Å². The van der Waals surface area contributed by atoms with Gasteiger partial charge in [-0.05, 0) is 22.9 Å². The van der Waals surface area contributed by atoms with Gasteiger partial charge in [-0.15, -0.1) is 22.7 Å². The van der Waals surface area contributed by atoms with Crippen LogP contribution in [0.15, 0.2) is 35.0 Å². The fourth-order valence-corrected chi connectivity index (χ4v) is 2.79. The van der Waals surface area contributed by atoms with E-state index in [9.17, 15) is 4.79 Å². The predicted molar refractivity (Wildman–Crippen MR) is 70.2 cm³/mol. The fourth-order valence-electron chi connectivity index (χ4n) is 1.38. The van der Waals surface area contributed by atoms with Crippen LogP contribution in [0, 0.1) is 0 Å². The quantitative estimate of drug-likeness (QED) is 0.847. The average Bonchev–Trinajstić information content (AvgIpc) is 3.00. The minimum atomic E-state index is -0.654. The number of carbonyl (C=O) groups is 1. The Kier molecular flexibility index (Phi) is 4.30. The van der Waals surface area contributed by atoms with Crippen LogP contribution in [0.25, 0.3) is 0 Å². The zero-order valence-electron chi connectivity index (χ0n) is 9.17. The molecule has 2 aromatic rings. The number of nitrogens with two attached hydrogens (primary N) is 1. The van der Waals surface area contributed by atoms with E-state index in [2.05, 4.69) is 0 Å². The van der Waals surface area contributed by atoms with Gasteiger partial charge in [-0.3, -0.25) is 0 Å². The van der Waals surface area contributed by atoms with Crippen molar-refractivity contribution in [1.82, 2.24) is 0 Å². The Morgan fingerprint density at radius 2 is 2.06 bits per heavy atom. The van der Waals surface area contributed by atoms with Gasteiger partial charge in [-0.25, -0.2) is 4.79 Å². The lowest BCUT2D eigenvalue weighted by molar-refractivity contribution is -0.145. The zero-order valence-corrected chi connectivity index (χ0v) is 10.8. The third-order valence-electron chi connectivity index (χ3n) is 2.28. The molecular weight excluding hydrogens is 254 g/mol. The molecule has 0 aliphatic carbocycles. The largest absolute Gasteiger partial charge is 0.464 e. The normalized spacial score (nSPS) is 12.3. The molecule has 0 radical (unpaired) electrons. The smallest absolute Gasteiger partial charge is 0.328 e. The molecule has 2 aromatic heterocycles. The van der Waals surface area contributed by atoms with Crippen LogP contribution < -0.4 is 5.73 Å². The van der Waals surface area contributed by atoms with Crippen LogP contribution in [-0.4, -0.2) is 12.6 Å². The number of esters is 1. The Bertz CT molecular complexity index is 451. The van der Waals surface area contributed by atoms with E-state index in [0.717, 1.165) is 11.3 Å². The number of hydrogen-bond donors (Lipinski definition) is 1.